The highest BCUT2D eigenvalue weighted by atomic mass is 16.7. The van der Waals surface area contributed by atoms with E-state index in [-0.39, 0.29) is 12.5 Å². The Morgan fingerprint density at radius 1 is 0.347 bits per heavy atom. The number of carbonyl (C=O) groups excluding carboxylic acids is 1. The van der Waals surface area contributed by atoms with Crippen LogP contribution in [0.25, 0.3) is 0 Å². The summed E-state index contributed by atoms with van der Waals surface area (Å²) in [4.78, 5) is 13.2. The number of nitrogens with one attached hydrogen (secondary N) is 1. The lowest BCUT2D eigenvalue weighted by molar-refractivity contribution is -0.302. The second kappa shape index (κ2) is 75.6. The first-order valence-corrected chi connectivity index (χ1v) is 43.4. The molecule has 6 N–H and O–H groups in total. The van der Waals surface area contributed by atoms with Gasteiger partial charge in [0.25, 0.3) is 0 Å². The fourth-order valence-corrected chi connectivity index (χ4v) is 14.6. The summed E-state index contributed by atoms with van der Waals surface area (Å²) in [5.41, 5.74) is 0. The number of rotatable bonds is 79. The van der Waals surface area contributed by atoms with E-state index in [0.717, 1.165) is 38.5 Å². The molecule has 0 saturated carbocycles. The van der Waals surface area contributed by atoms with Crippen LogP contribution in [0, 0.1) is 0 Å². The molecule has 1 fully saturated rings. The predicted molar refractivity (Wildman–Crippen MR) is 411 cm³/mol. The molecule has 0 spiro atoms. The Hall–Kier alpha value is -1.07. The maximum atomic E-state index is 13.2. The Balaban J connectivity index is 2.01. The second-order valence-electron chi connectivity index (χ2n) is 30.7. The van der Waals surface area contributed by atoms with Crippen molar-refractivity contribution in [1.29, 1.82) is 0 Å². The molecule has 1 heterocycles. The predicted octanol–water partition coefficient (Wildman–Crippen LogP) is 25.3. The van der Waals surface area contributed by atoms with Crippen LogP contribution in [0.2, 0.25) is 0 Å². The molecule has 7 atom stereocenters. The Kier molecular flexibility index (Phi) is 73.2. The molecule has 0 bridgehead atoms. The van der Waals surface area contributed by atoms with Crippen molar-refractivity contribution < 1.29 is 39.8 Å². The number of aliphatic hydroxyl groups excluding tert-OH is 5. The molecule has 9 heteroatoms. The van der Waals surface area contributed by atoms with Gasteiger partial charge in [-0.15, -0.1) is 0 Å². The fraction of sp³-hybridized carbons (Fsp3) is 0.965. The van der Waals surface area contributed by atoms with E-state index in [1.54, 1.807) is 6.08 Å². The Labute approximate surface area is 592 Å². The average Bonchev–Trinajstić information content (AvgIpc) is 0.841. The van der Waals surface area contributed by atoms with Crippen molar-refractivity contribution >= 4 is 5.91 Å². The van der Waals surface area contributed by atoms with Crippen LogP contribution in [0.5, 0.6) is 0 Å². The number of unbranched alkanes of at least 4 members (excludes halogenated alkanes) is 69. The maximum absolute atomic E-state index is 13.2. The van der Waals surface area contributed by atoms with Gasteiger partial charge in [-0.25, -0.2) is 0 Å². The molecule has 0 aliphatic carbocycles. The third-order valence-corrected chi connectivity index (χ3v) is 21.4. The first-order valence-electron chi connectivity index (χ1n) is 43.4. The van der Waals surface area contributed by atoms with Gasteiger partial charge in [-0.2, -0.15) is 0 Å². The van der Waals surface area contributed by atoms with Gasteiger partial charge in [0.05, 0.1) is 25.4 Å². The van der Waals surface area contributed by atoms with Crippen LogP contribution in [0.1, 0.15) is 476 Å². The van der Waals surface area contributed by atoms with Crippen LogP contribution in [-0.4, -0.2) is 87.5 Å². The van der Waals surface area contributed by atoms with Crippen LogP contribution in [0.3, 0.4) is 0 Å². The summed E-state index contributed by atoms with van der Waals surface area (Å²) in [6.45, 7) is 3.86. The van der Waals surface area contributed by atoms with E-state index in [9.17, 15) is 30.3 Å². The van der Waals surface area contributed by atoms with E-state index in [2.05, 4.69) is 19.2 Å². The zero-order chi connectivity index (χ0) is 68.5. The third-order valence-electron chi connectivity index (χ3n) is 21.4. The summed E-state index contributed by atoms with van der Waals surface area (Å²) in [5, 5.41) is 55.0. The van der Waals surface area contributed by atoms with E-state index >= 15 is 0 Å². The number of aliphatic hydroxyl groups is 5. The Bertz CT molecular complexity index is 1510. The van der Waals surface area contributed by atoms with Crippen LogP contribution in [0.4, 0.5) is 0 Å². The molecular weight excluding hydrogens is 1170 g/mol. The summed E-state index contributed by atoms with van der Waals surface area (Å²) in [6.07, 6.45) is 94.1. The summed E-state index contributed by atoms with van der Waals surface area (Å²) >= 11 is 0. The van der Waals surface area contributed by atoms with Crippen molar-refractivity contribution in [3.05, 3.63) is 12.2 Å². The molecule has 1 amide bonds. The van der Waals surface area contributed by atoms with Gasteiger partial charge in [-0.05, 0) is 19.3 Å². The normalized spacial score (nSPS) is 17.4. The van der Waals surface area contributed by atoms with Gasteiger partial charge in [0.2, 0.25) is 5.91 Å². The molecule has 1 saturated heterocycles. The molecule has 1 aliphatic rings. The average molecular weight is 1350 g/mol. The topological polar surface area (TPSA) is 149 Å². The smallest absolute Gasteiger partial charge is 0.220 e. The number of amides is 1. The van der Waals surface area contributed by atoms with Crippen molar-refractivity contribution in [3.63, 3.8) is 0 Å². The van der Waals surface area contributed by atoms with Gasteiger partial charge in [-0.3, -0.25) is 4.79 Å². The number of allylic oxidation sites excluding steroid dienone is 1. The van der Waals surface area contributed by atoms with Gasteiger partial charge in [0.15, 0.2) is 6.29 Å². The molecular formula is C86H169NO8. The molecule has 1 rings (SSSR count). The first kappa shape index (κ1) is 91.9. The highest BCUT2D eigenvalue weighted by Gasteiger charge is 2.44. The van der Waals surface area contributed by atoms with Crippen molar-refractivity contribution in [2.45, 2.75) is 519 Å². The lowest BCUT2D eigenvalue weighted by atomic mass is 9.99. The van der Waals surface area contributed by atoms with Gasteiger partial charge < -0.3 is 40.3 Å². The van der Waals surface area contributed by atoms with Crippen LogP contribution < -0.4 is 5.32 Å². The minimum atomic E-state index is -1.57. The summed E-state index contributed by atoms with van der Waals surface area (Å²) < 4.78 is 11.4. The lowest BCUT2D eigenvalue weighted by Gasteiger charge is -2.40. The zero-order valence-corrected chi connectivity index (χ0v) is 64.0. The number of ether oxygens (including phenoxy) is 2. The number of hydrogen-bond donors (Lipinski definition) is 6. The zero-order valence-electron chi connectivity index (χ0n) is 64.0. The highest BCUT2D eigenvalue weighted by molar-refractivity contribution is 5.76. The van der Waals surface area contributed by atoms with E-state index in [1.165, 1.54) is 417 Å². The molecule has 566 valence electrons. The minimum absolute atomic E-state index is 0.164. The van der Waals surface area contributed by atoms with E-state index in [4.69, 9.17) is 9.47 Å². The molecule has 0 aromatic rings. The largest absolute Gasteiger partial charge is 0.394 e. The number of hydrogen-bond acceptors (Lipinski definition) is 8. The third kappa shape index (κ3) is 63.6. The monoisotopic (exact) mass is 1340 g/mol. The SMILES string of the molecule is CCCCCCCCCCCCCCCCCCCCCCCCCCCCCCCC/C=C/C(O)C(COC1OC(CO)C(O)C(O)C1O)NC(=O)CCCCCCCCCCCCCCCCCCCCCCCCCCCCCCCCCCCCCCCCCC. The quantitative estimate of drug-likeness (QED) is 0.0261. The highest BCUT2D eigenvalue weighted by Crippen LogP contribution is 2.25. The van der Waals surface area contributed by atoms with Crippen LogP contribution in [0.15, 0.2) is 12.2 Å². The molecule has 9 nitrogen and oxygen atoms in total. The van der Waals surface area contributed by atoms with Crippen LogP contribution in [-0.2, 0) is 14.3 Å². The molecule has 0 radical (unpaired) electrons. The first-order chi connectivity index (χ1) is 46.8. The lowest BCUT2D eigenvalue weighted by Crippen LogP contribution is -2.60. The minimum Gasteiger partial charge on any atom is -0.394 e. The van der Waals surface area contributed by atoms with Crippen molar-refractivity contribution in [3.8, 4) is 0 Å². The van der Waals surface area contributed by atoms with E-state index in [0.29, 0.717) is 6.42 Å². The standard InChI is InChI=1S/C86H169NO8/c1-3-5-7-9-11-13-15-17-19-21-23-25-27-29-31-33-35-37-38-39-40-41-42-43-44-46-48-50-52-54-56-58-60-62-64-66-68-70-72-74-76-82(90)87-79(78-94-86-85(93)84(92)83(91)81(77-88)95-86)80(89)75-73-71-69-67-65-63-61-59-57-55-53-51-49-47-45-36-34-32-30-28-26-24-22-20-18-16-14-12-10-8-6-4-2/h73,75,79-81,83-86,88-89,91-93H,3-72,74,76-78H2,1-2H3,(H,87,90)/b75-73+. The Morgan fingerprint density at radius 2 is 0.579 bits per heavy atom. The van der Waals surface area contributed by atoms with E-state index < -0.39 is 49.5 Å². The summed E-state index contributed by atoms with van der Waals surface area (Å²) in [5.74, 6) is -0.164. The number of carbonyl (C=O) groups is 1. The van der Waals surface area contributed by atoms with Gasteiger partial charge >= 0.3 is 0 Å². The maximum Gasteiger partial charge on any atom is 0.220 e. The van der Waals surface area contributed by atoms with E-state index in [1.807, 2.05) is 6.08 Å². The molecule has 95 heavy (non-hydrogen) atoms. The van der Waals surface area contributed by atoms with Crippen molar-refractivity contribution in [2.75, 3.05) is 13.2 Å². The van der Waals surface area contributed by atoms with Gasteiger partial charge in [0, 0.05) is 6.42 Å². The van der Waals surface area contributed by atoms with Crippen molar-refractivity contribution in [1.82, 2.24) is 5.32 Å². The van der Waals surface area contributed by atoms with Crippen LogP contribution >= 0.6 is 0 Å². The second-order valence-corrected chi connectivity index (χ2v) is 30.7. The summed E-state index contributed by atoms with van der Waals surface area (Å²) in [6, 6.07) is -0.804. The summed E-state index contributed by atoms with van der Waals surface area (Å²) in [7, 11) is 0. The van der Waals surface area contributed by atoms with Crippen molar-refractivity contribution in [2.24, 2.45) is 0 Å². The van der Waals surface area contributed by atoms with Gasteiger partial charge in [-0.1, -0.05) is 463 Å². The Morgan fingerprint density at radius 3 is 0.821 bits per heavy atom. The fourth-order valence-electron chi connectivity index (χ4n) is 14.6. The molecule has 1 aliphatic heterocycles. The molecule has 7 unspecified atom stereocenters. The van der Waals surface area contributed by atoms with Gasteiger partial charge in [0.1, 0.15) is 24.4 Å². The molecule has 0 aromatic carbocycles. The molecule has 0 aromatic heterocycles.